The molecule has 2 atom stereocenters. The van der Waals surface area contributed by atoms with Crippen LogP contribution in [0.1, 0.15) is 19.8 Å². The highest BCUT2D eigenvalue weighted by atomic mass is 16.6. The summed E-state index contributed by atoms with van der Waals surface area (Å²) in [5.74, 6) is 0.591. The highest BCUT2D eigenvalue weighted by Gasteiger charge is 2.35. The Morgan fingerprint density at radius 2 is 2.46 bits per heavy atom. The van der Waals surface area contributed by atoms with Gasteiger partial charge in [0.15, 0.2) is 0 Å². The van der Waals surface area contributed by atoms with Crippen LogP contribution in [0.15, 0.2) is 24.5 Å². The highest BCUT2D eigenvalue weighted by molar-refractivity contribution is 5.71. The predicted molar refractivity (Wildman–Crippen MR) is 49.1 cm³/mol. The van der Waals surface area contributed by atoms with Crippen molar-refractivity contribution in [1.29, 1.82) is 0 Å². The third-order valence-corrected chi connectivity index (χ3v) is 2.56. The van der Waals surface area contributed by atoms with Crippen LogP contribution in [0.25, 0.3) is 0 Å². The SMILES string of the molecule is C=C1C[C@H]2CC=C[C@H](C)N2C(=O)O1. The van der Waals surface area contributed by atoms with Crippen LogP contribution in [0.4, 0.5) is 4.79 Å². The van der Waals surface area contributed by atoms with Crippen molar-refractivity contribution in [2.75, 3.05) is 0 Å². The van der Waals surface area contributed by atoms with E-state index < -0.39 is 0 Å². The Morgan fingerprint density at radius 1 is 1.69 bits per heavy atom. The van der Waals surface area contributed by atoms with E-state index in [9.17, 15) is 4.79 Å². The first-order valence-electron chi connectivity index (χ1n) is 4.53. The molecule has 13 heavy (non-hydrogen) atoms. The quantitative estimate of drug-likeness (QED) is 0.533. The number of nitrogens with zero attached hydrogens (tertiary/aromatic N) is 1. The van der Waals surface area contributed by atoms with Gasteiger partial charge < -0.3 is 4.74 Å². The summed E-state index contributed by atoms with van der Waals surface area (Å²) in [6.07, 6.45) is 5.58. The lowest BCUT2D eigenvalue weighted by atomic mass is 9.99. The van der Waals surface area contributed by atoms with Crippen molar-refractivity contribution in [3.05, 3.63) is 24.5 Å². The molecule has 1 amide bonds. The Balaban J connectivity index is 2.24. The zero-order valence-electron chi connectivity index (χ0n) is 7.69. The van der Waals surface area contributed by atoms with E-state index in [1.165, 1.54) is 0 Å². The summed E-state index contributed by atoms with van der Waals surface area (Å²) in [4.78, 5) is 13.2. The lowest BCUT2D eigenvalue weighted by molar-refractivity contribution is 0.0638. The lowest BCUT2D eigenvalue weighted by Crippen LogP contribution is -2.50. The number of cyclic esters (lactones) is 1. The Kier molecular flexibility index (Phi) is 1.87. The molecule has 0 spiro atoms. The molecule has 0 aliphatic carbocycles. The van der Waals surface area contributed by atoms with E-state index in [0.717, 1.165) is 12.8 Å². The second kappa shape index (κ2) is 2.91. The molecule has 1 fully saturated rings. The summed E-state index contributed by atoms with van der Waals surface area (Å²) in [5.41, 5.74) is 0. The van der Waals surface area contributed by atoms with Crippen LogP contribution in [-0.4, -0.2) is 23.1 Å². The number of carbonyl (C=O) groups excluding carboxylic acids is 1. The molecule has 2 aliphatic heterocycles. The highest BCUT2D eigenvalue weighted by Crippen LogP contribution is 2.28. The first-order valence-corrected chi connectivity index (χ1v) is 4.53. The van der Waals surface area contributed by atoms with Crippen molar-refractivity contribution in [2.45, 2.75) is 31.8 Å². The van der Waals surface area contributed by atoms with Crippen LogP contribution in [0, 0.1) is 0 Å². The number of carbonyl (C=O) groups is 1. The second-order valence-corrected chi connectivity index (χ2v) is 3.58. The number of ether oxygens (including phenoxy) is 1. The molecule has 70 valence electrons. The number of hydrogen-bond donors (Lipinski definition) is 0. The van der Waals surface area contributed by atoms with E-state index in [-0.39, 0.29) is 18.2 Å². The smallest absolute Gasteiger partial charge is 0.415 e. The fraction of sp³-hybridized carbons (Fsp3) is 0.500. The van der Waals surface area contributed by atoms with Crippen LogP contribution in [0.5, 0.6) is 0 Å². The monoisotopic (exact) mass is 179 g/mol. The Labute approximate surface area is 77.7 Å². The Morgan fingerprint density at radius 3 is 3.23 bits per heavy atom. The zero-order chi connectivity index (χ0) is 9.42. The van der Waals surface area contributed by atoms with Crippen LogP contribution in [-0.2, 0) is 4.74 Å². The second-order valence-electron chi connectivity index (χ2n) is 3.58. The zero-order valence-corrected chi connectivity index (χ0v) is 7.69. The van der Waals surface area contributed by atoms with E-state index in [1.807, 2.05) is 13.0 Å². The molecule has 0 N–H and O–H groups in total. The summed E-state index contributed by atoms with van der Waals surface area (Å²) in [6, 6.07) is 0.410. The molecular weight excluding hydrogens is 166 g/mol. The standard InChI is InChI=1S/C10H13NO2/c1-7-4-3-5-9-6-8(2)13-10(12)11(7)9/h3-4,7,9H,2,5-6H2,1H3/t7-,9+/m0/s1. The summed E-state index contributed by atoms with van der Waals surface area (Å²) in [7, 11) is 0. The number of fused-ring (bicyclic) bond motifs is 1. The average molecular weight is 179 g/mol. The van der Waals surface area contributed by atoms with Gasteiger partial charge in [0.25, 0.3) is 0 Å². The molecule has 2 heterocycles. The predicted octanol–water partition coefficient (Wildman–Crippen LogP) is 2.06. The molecule has 1 saturated heterocycles. The minimum atomic E-state index is -0.252. The van der Waals surface area contributed by atoms with Gasteiger partial charge >= 0.3 is 6.09 Å². The molecule has 0 saturated carbocycles. The summed E-state index contributed by atoms with van der Waals surface area (Å²) < 4.78 is 4.98. The minimum absolute atomic E-state index is 0.152. The molecule has 0 aromatic rings. The molecule has 3 nitrogen and oxygen atoms in total. The lowest BCUT2D eigenvalue weighted by Gasteiger charge is -2.40. The van der Waals surface area contributed by atoms with Crippen LogP contribution in [0.3, 0.4) is 0 Å². The largest absolute Gasteiger partial charge is 0.415 e. The fourth-order valence-corrected chi connectivity index (χ4v) is 1.95. The van der Waals surface area contributed by atoms with Gasteiger partial charge in [-0.3, -0.25) is 4.90 Å². The van der Waals surface area contributed by atoms with E-state index in [1.54, 1.807) is 4.90 Å². The Hall–Kier alpha value is -1.25. The van der Waals surface area contributed by atoms with Gasteiger partial charge in [-0.15, -0.1) is 0 Å². The van der Waals surface area contributed by atoms with Crippen molar-refractivity contribution in [2.24, 2.45) is 0 Å². The van der Waals surface area contributed by atoms with Gasteiger partial charge in [-0.25, -0.2) is 4.79 Å². The van der Waals surface area contributed by atoms with Gasteiger partial charge in [0.2, 0.25) is 0 Å². The number of rotatable bonds is 0. The fourth-order valence-electron chi connectivity index (χ4n) is 1.95. The molecule has 0 bridgehead atoms. The minimum Gasteiger partial charge on any atom is -0.415 e. The Bertz CT molecular complexity index is 283. The molecule has 0 unspecified atom stereocenters. The van der Waals surface area contributed by atoms with Crippen molar-refractivity contribution in [3.63, 3.8) is 0 Å². The van der Waals surface area contributed by atoms with Gasteiger partial charge in [0.05, 0.1) is 6.04 Å². The molecule has 3 heteroatoms. The number of amides is 1. The van der Waals surface area contributed by atoms with Crippen molar-refractivity contribution in [3.8, 4) is 0 Å². The van der Waals surface area contributed by atoms with Crippen molar-refractivity contribution >= 4 is 6.09 Å². The van der Waals surface area contributed by atoms with E-state index in [0.29, 0.717) is 5.76 Å². The van der Waals surface area contributed by atoms with Crippen LogP contribution >= 0.6 is 0 Å². The number of hydrogen-bond acceptors (Lipinski definition) is 2. The van der Waals surface area contributed by atoms with Gasteiger partial charge in [0.1, 0.15) is 5.76 Å². The van der Waals surface area contributed by atoms with Crippen molar-refractivity contribution < 1.29 is 9.53 Å². The maximum absolute atomic E-state index is 11.5. The molecule has 2 rings (SSSR count). The molecular formula is C10H13NO2. The average Bonchev–Trinajstić information content (AvgIpc) is 2.02. The third-order valence-electron chi connectivity index (χ3n) is 2.56. The van der Waals surface area contributed by atoms with Gasteiger partial charge in [-0.1, -0.05) is 18.7 Å². The first-order chi connectivity index (χ1) is 6.18. The summed E-state index contributed by atoms with van der Waals surface area (Å²) >= 11 is 0. The normalized spacial score (nSPS) is 32.8. The van der Waals surface area contributed by atoms with Crippen molar-refractivity contribution in [1.82, 2.24) is 4.90 Å². The van der Waals surface area contributed by atoms with Crippen LogP contribution in [0.2, 0.25) is 0 Å². The summed E-state index contributed by atoms with van der Waals surface area (Å²) in [6.45, 7) is 5.68. The van der Waals surface area contributed by atoms with E-state index >= 15 is 0 Å². The maximum Gasteiger partial charge on any atom is 0.415 e. The van der Waals surface area contributed by atoms with Gasteiger partial charge in [-0.05, 0) is 13.3 Å². The topological polar surface area (TPSA) is 29.5 Å². The van der Waals surface area contributed by atoms with Gasteiger partial charge in [0, 0.05) is 12.5 Å². The maximum atomic E-state index is 11.5. The first kappa shape index (κ1) is 8.35. The van der Waals surface area contributed by atoms with E-state index in [2.05, 4.69) is 12.7 Å². The van der Waals surface area contributed by atoms with Gasteiger partial charge in [-0.2, -0.15) is 0 Å². The third kappa shape index (κ3) is 1.34. The molecule has 0 radical (unpaired) electrons. The summed E-state index contributed by atoms with van der Waals surface area (Å²) in [5, 5.41) is 0. The molecule has 0 aromatic carbocycles. The van der Waals surface area contributed by atoms with Crippen LogP contribution < -0.4 is 0 Å². The molecule has 0 aromatic heterocycles. The van der Waals surface area contributed by atoms with E-state index in [4.69, 9.17) is 4.74 Å². The molecule has 2 aliphatic rings.